The van der Waals surface area contributed by atoms with Crippen LogP contribution in [0.2, 0.25) is 0 Å². The van der Waals surface area contributed by atoms with E-state index < -0.39 is 19.5 Å². The first-order valence-electron chi connectivity index (χ1n) is 6.58. The second kappa shape index (κ2) is 5.95. The molecule has 8 nitrogen and oxygen atoms in total. The van der Waals surface area contributed by atoms with E-state index in [1.54, 1.807) is 18.2 Å². The number of ether oxygens (including phenoxy) is 1. The number of hydrogen-bond acceptors (Lipinski definition) is 6. The lowest BCUT2D eigenvalue weighted by Gasteiger charge is -2.05. The quantitative estimate of drug-likeness (QED) is 0.412. The number of esters is 1. The van der Waals surface area contributed by atoms with E-state index in [1.165, 1.54) is 18.6 Å². The smallest absolute Gasteiger partial charge is 0.434 e. The van der Waals surface area contributed by atoms with Crippen LogP contribution in [0.5, 0.6) is 0 Å². The topological polar surface area (TPSA) is 119 Å². The Bertz CT molecular complexity index is 1000. The number of aromatic nitrogens is 2. The number of fused-ring (bicyclic) bond motifs is 1. The zero-order chi connectivity index (χ0) is 17.5. The predicted octanol–water partition coefficient (Wildman–Crippen LogP) is 2.06. The highest BCUT2D eigenvalue weighted by Gasteiger charge is 2.26. The van der Waals surface area contributed by atoms with Crippen molar-refractivity contribution in [2.24, 2.45) is 0 Å². The Balaban J connectivity index is 2.13. The van der Waals surface area contributed by atoms with Crippen LogP contribution in [-0.4, -0.2) is 38.0 Å². The molecule has 0 unspecified atom stereocenters. The average Bonchev–Trinajstić information content (AvgIpc) is 3.18. The zero-order valence-corrected chi connectivity index (χ0v) is 14.0. The maximum absolute atomic E-state index is 12.7. The molecule has 0 bridgehead atoms. The fraction of sp³-hybridized carbons (Fsp3) is 0.0714. The van der Waals surface area contributed by atoms with Gasteiger partial charge in [-0.2, -0.15) is 0 Å². The number of benzene rings is 1. The Hall–Kier alpha value is -2.32. The molecule has 0 saturated carbocycles. The first-order valence-corrected chi connectivity index (χ1v) is 9.02. The van der Waals surface area contributed by atoms with Crippen molar-refractivity contribution in [2.75, 3.05) is 7.11 Å². The summed E-state index contributed by atoms with van der Waals surface area (Å²) in [5, 5.41) is 1.81. The maximum atomic E-state index is 12.7. The van der Waals surface area contributed by atoms with Gasteiger partial charge in [0.1, 0.15) is 0 Å². The van der Waals surface area contributed by atoms with E-state index in [4.69, 9.17) is 0 Å². The van der Waals surface area contributed by atoms with Crippen molar-refractivity contribution in [1.29, 1.82) is 0 Å². The molecule has 0 saturated heterocycles. The van der Waals surface area contributed by atoms with Crippen molar-refractivity contribution in [1.82, 2.24) is 9.32 Å². The van der Waals surface area contributed by atoms with E-state index in [9.17, 15) is 23.9 Å². The number of carbonyl (C=O) groups excluding carboxylic acids is 2. The van der Waals surface area contributed by atoms with E-state index in [0.29, 0.717) is 5.39 Å². The Morgan fingerprint density at radius 3 is 2.67 bits per heavy atom. The highest BCUT2D eigenvalue weighted by molar-refractivity contribution is 7.50. The molecule has 2 aromatic heterocycles. The number of methoxy groups -OCH3 is 1. The lowest BCUT2D eigenvalue weighted by molar-refractivity contribution is 0.0595. The number of ketones is 1. The van der Waals surface area contributed by atoms with E-state index in [-0.39, 0.29) is 21.8 Å². The van der Waals surface area contributed by atoms with Crippen LogP contribution >= 0.6 is 19.1 Å². The molecule has 0 aliphatic carbocycles. The predicted molar refractivity (Wildman–Crippen MR) is 86.3 cm³/mol. The van der Waals surface area contributed by atoms with Gasteiger partial charge in [-0.25, -0.2) is 14.3 Å². The standard InChI is InChI=1S/C14H11N2O6PS/c1-22-14(18)10-7-24-13(15-10)12(17)9-6-16(23(19,20)21)11-5-3-2-4-8(9)11/h2-7H,1H3,(H2,19,20,21). The van der Waals surface area contributed by atoms with E-state index in [0.717, 1.165) is 21.9 Å². The normalized spacial score (nSPS) is 11.6. The minimum Gasteiger partial charge on any atom is -0.464 e. The van der Waals surface area contributed by atoms with Crippen molar-refractivity contribution in [3.63, 3.8) is 0 Å². The summed E-state index contributed by atoms with van der Waals surface area (Å²) < 4.78 is 16.9. The molecule has 0 radical (unpaired) electrons. The fourth-order valence-electron chi connectivity index (χ4n) is 2.25. The minimum absolute atomic E-state index is 0.00424. The van der Waals surface area contributed by atoms with Crippen LogP contribution in [0, 0.1) is 0 Å². The van der Waals surface area contributed by atoms with Crippen LogP contribution < -0.4 is 0 Å². The van der Waals surface area contributed by atoms with Gasteiger partial charge in [0.15, 0.2) is 10.7 Å². The molecular weight excluding hydrogens is 355 g/mol. The fourth-order valence-corrected chi connectivity index (χ4v) is 3.71. The minimum atomic E-state index is -4.62. The summed E-state index contributed by atoms with van der Waals surface area (Å²) >= 11 is 0.957. The molecular formula is C14H11N2O6PS. The number of para-hydroxylation sites is 1. The second-order valence-electron chi connectivity index (χ2n) is 4.78. The molecule has 24 heavy (non-hydrogen) atoms. The molecule has 124 valence electrons. The summed E-state index contributed by atoms with van der Waals surface area (Å²) in [4.78, 5) is 46.9. The Kier molecular flexibility index (Phi) is 4.10. The number of nitrogens with zero attached hydrogens (tertiary/aromatic N) is 2. The van der Waals surface area contributed by atoms with E-state index in [2.05, 4.69) is 9.72 Å². The van der Waals surface area contributed by atoms with Gasteiger partial charge in [0.2, 0.25) is 5.78 Å². The highest BCUT2D eigenvalue weighted by atomic mass is 32.1. The molecule has 2 heterocycles. The van der Waals surface area contributed by atoms with Gasteiger partial charge in [-0.05, 0) is 6.07 Å². The van der Waals surface area contributed by atoms with Gasteiger partial charge >= 0.3 is 13.7 Å². The van der Waals surface area contributed by atoms with Crippen LogP contribution in [0.25, 0.3) is 10.9 Å². The van der Waals surface area contributed by atoms with Gasteiger partial charge in [-0.15, -0.1) is 11.3 Å². The molecule has 0 aliphatic rings. The molecule has 3 aromatic rings. The van der Waals surface area contributed by atoms with Gasteiger partial charge in [-0.1, -0.05) is 18.2 Å². The molecule has 0 aliphatic heterocycles. The van der Waals surface area contributed by atoms with Crippen LogP contribution in [0.4, 0.5) is 0 Å². The molecule has 2 N–H and O–H groups in total. The number of hydrogen-bond donors (Lipinski definition) is 2. The van der Waals surface area contributed by atoms with Gasteiger partial charge in [0.05, 0.1) is 18.2 Å². The SMILES string of the molecule is COC(=O)c1csc(C(=O)c2cn(P(=O)(O)O)c3ccccc23)n1. The molecule has 1 aromatic carbocycles. The Labute approximate surface area is 139 Å². The third-order valence-electron chi connectivity index (χ3n) is 3.31. The number of carbonyl (C=O) groups is 2. The third kappa shape index (κ3) is 2.78. The summed E-state index contributed by atoms with van der Waals surface area (Å²) in [6.07, 6.45) is 1.10. The van der Waals surface area contributed by atoms with Crippen molar-refractivity contribution >= 4 is 41.7 Å². The molecule has 0 spiro atoms. The Morgan fingerprint density at radius 1 is 1.29 bits per heavy atom. The largest absolute Gasteiger partial charge is 0.464 e. The zero-order valence-electron chi connectivity index (χ0n) is 12.2. The lowest BCUT2D eigenvalue weighted by Crippen LogP contribution is -2.04. The molecule has 0 amide bonds. The van der Waals surface area contributed by atoms with Gasteiger partial charge in [0, 0.05) is 17.0 Å². The van der Waals surface area contributed by atoms with Crippen molar-refractivity contribution < 1.29 is 28.7 Å². The van der Waals surface area contributed by atoms with Crippen LogP contribution in [0.15, 0.2) is 35.8 Å². The van der Waals surface area contributed by atoms with Crippen LogP contribution in [0.1, 0.15) is 25.9 Å². The highest BCUT2D eigenvalue weighted by Crippen LogP contribution is 2.42. The average molecular weight is 366 g/mol. The third-order valence-corrected chi connectivity index (χ3v) is 5.04. The summed E-state index contributed by atoms with van der Waals surface area (Å²) in [5.74, 6) is -1.19. The number of thiazole rings is 1. The first-order chi connectivity index (χ1) is 11.3. The maximum Gasteiger partial charge on any atom is 0.434 e. The summed E-state index contributed by atoms with van der Waals surface area (Å²) in [7, 11) is -3.41. The van der Waals surface area contributed by atoms with E-state index >= 15 is 0 Å². The van der Waals surface area contributed by atoms with Crippen LogP contribution in [0.3, 0.4) is 0 Å². The lowest BCUT2D eigenvalue weighted by atomic mass is 10.1. The van der Waals surface area contributed by atoms with Crippen molar-refractivity contribution in [2.45, 2.75) is 0 Å². The first kappa shape index (κ1) is 16.5. The summed E-state index contributed by atoms with van der Waals surface area (Å²) in [5.41, 5.74) is 0.336. The second-order valence-corrected chi connectivity index (χ2v) is 7.09. The van der Waals surface area contributed by atoms with Gasteiger partial charge in [0.25, 0.3) is 0 Å². The Morgan fingerprint density at radius 2 is 2.00 bits per heavy atom. The van der Waals surface area contributed by atoms with Crippen LogP contribution in [-0.2, 0) is 9.30 Å². The van der Waals surface area contributed by atoms with Gasteiger partial charge in [-0.3, -0.25) is 9.13 Å². The molecule has 10 heteroatoms. The van der Waals surface area contributed by atoms with Crippen molar-refractivity contribution in [3.05, 3.63) is 52.1 Å². The van der Waals surface area contributed by atoms with Gasteiger partial charge < -0.3 is 14.5 Å². The number of rotatable bonds is 4. The van der Waals surface area contributed by atoms with Crippen molar-refractivity contribution in [3.8, 4) is 0 Å². The molecule has 0 atom stereocenters. The monoisotopic (exact) mass is 366 g/mol. The molecule has 3 rings (SSSR count). The molecule has 0 fully saturated rings. The summed E-state index contributed by atoms with van der Waals surface area (Å²) in [6, 6.07) is 6.36. The summed E-state index contributed by atoms with van der Waals surface area (Å²) in [6.45, 7) is 0. The van der Waals surface area contributed by atoms with E-state index in [1.807, 2.05) is 0 Å².